The molecule has 0 radical (unpaired) electrons. The molecule has 2 aliphatic heterocycles. The van der Waals surface area contributed by atoms with Crippen molar-refractivity contribution in [3.8, 4) is 0 Å². The minimum absolute atomic E-state index is 0.103. The molecular formula is C22H22N2O3S. The molecule has 2 heterocycles. The summed E-state index contributed by atoms with van der Waals surface area (Å²) in [4.78, 5) is 26.5. The third-order valence-corrected chi connectivity index (χ3v) is 5.89. The molecular weight excluding hydrogens is 372 g/mol. The summed E-state index contributed by atoms with van der Waals surface area (Å²) >= 11 is 1.42. The lowest BCUT2D eigenvalue weighted by atomic mass is 10.1. The Morgan fingerprint density at radius 1 is 1.32 bits per heavy atom. The van der Waals surface area contributed by atoms with Crippen LogP contribution < -0.4 is 10.6 Å². The number of thioether (sulfide) groups is 1. The molecule has 5 nitrogen and oxygen atoms in total. The Balaban J connectivity index is 1.48. The molecule has 2 amide bonds. The van der Waals surface area contributed by atoms with Gasteiger partial charge in [-0.2, -0.15) is 0 Å². The summed E-state index contributed by atoms with van der Waals surface area (Å²) in [5, 5.41) is 5.82. The van der Waals surface area contributed by atoms with Crippen molar-refractivity contribution in [3.63, 3.8) is 0 Å². The van der Waals surface area contributed by atoms with Crippen LogP contribution in [-0.2, 0) is 9.53 Å². The summed E-state index contributed by atoms with van der Waals surface area (Å²) < 4.78 is 5.53. The van der Waals surface area contributed by atoms with Crippen molar-refractivity contribution in [2.24, 2.45) is 0 Å². The predicted octanol–water partition coefficient (Wildman–Crippen LogP) is 3.99. The van der Waals surface area contributed by atoms with E-state index in [1.807, 2.05) is 43.3 Å². The molecule has 0 saturated carbocycles. The number of anilines is 1. The Morgan fingerprint density at radius 2 is 2.21 bits per heavy atom. The molecule has 0 bridgehead atoms. The van der Waals surface area contributed by atoms with Crippen molar-refractivity contribution >= 4 is 35.3 Å². The largest absolute Gasteiger partial charge is 0.376 e. The van der Waals surface area contributed by atoms with Gasteiger partial charge in [0.05, 0.1) is 16.7 Å². The van der Waals surface area contributed by atoms with Gasteiger partial charge in [0, 0.05) is 23.6 Å². The van der Waals surface area contributed by atoms with Gasteiger partial charge in [0.15, 0.2) is 0 Å². The first kappa shape index (κ1) is 18.8. The smallest absolute Gasteiger partial charge is 0.262 e. The highest BCUT2D eigenvalue weighted by Crippen LogP contribution is 2.39. The number of nitrogens with one attached hydrogen (secondary N) is 2. The molecule has 144 valence electrons. The third kappa shape index (κ3) is 4.29. The molecule has 28 heavy (non-hydrogen) atoms. The quantitative estimate of drug-likeness (QED) is 0.770. The zero-order valence-electron chi connectivity index (χ0n) is 15.7. The van der Waals surface area contributed by atoms with Gasteiger partial charge in [-0.15, -0.1) is 0 Å². The highest BCUT2D eigenvalue weighted by atomic mass is 32.2. The maximum absolute atomic E-state index is 12.5. The summed E-state index contributed by atoms with van der Waals surface area (Å²) in [6.07, 6.45) is 4.01. The first-order valence-electron chi connectivity index (χ1n) is 9.40. The molecule has 2 aliphatic rings. The Bertz CT molecular complexity index is 949. The maximum atomic E-state index is 12.5. The van der Waals surface area contributed by atoms with Crippen molar-refractivity contribution in [2.45, 2.75) is 30.8 Å². The number of hydrogen-bond donors (Lipinski definition) is 2. The number of rotatable bonds is 4. The van der Waals surface area contributed by atoms with Crippen molar-refractivity contribution in [2.75, 3.05) is 18.5 Å². The van der Waals surface area contributed by atoms with E-state index in [4.69, 9.17) is 4.74 Å². The maximum Gasteiger partial charge on any atom is 0.262 e. The van der Waals surface area contributed by atoms with Crippen LogP contribution in [0.5, 0.6) is 0 Å². The topological polar surface area (TPSA) is 67.4 Å². The van der Waals surface area contributed by atoms with Gasteiger partial charge in [0.25, 0.3) is 11.8 Å². The normalized spacial score (nSPS) is 20.0. The molecule has 0 aliphatic carbocycles. The van der Waals surface area contributed by atoms with Crippen molar-refractivity contribution in [3.05, 3.63) is 64.1 Å². The van der Waals surface area contributed by atoms with Crippen LogP contribution >= 0.6 is 11.8 Å². The number of carbonyl (C=O) groups is 2. The third-order valence-electron chi connectivity index (χ3n) is 4.79. The summed E-state index contributed by atoms with van der Waals surface area (Å²) in [5.74, 6) is -0.311. The van der Waals surface area contributed by atoms with E-state index in [2.05, 4.69) is 10.6 Å². The fourth-order valence-electron chi connectivity index (χ4n) is 3.33. The SMILES string of the molecule is Cc1cccc(/C=C2/Sc3ccc(C(=O)NCC4CCCO4)cc3NC2=O)c1. The molecule has 6 heteroatoms. The second-order valence-corrected chi connectivity index (χ2v) is 8.12. The zero-order chi connectivity index (χ0) is 19.5. The van der Waals surface area contributed by atoms with Gasteiger partial charge in [0.1, 0.15) is 0 Å². The van der Waals surface area contributed by atoms with Crippen LogP contribution in [0.2, 0.25) is 0 Å². The lowest BCUT2D eigenvalue weighted by Crippen LogP contribution is -2.31. The molecule has 2 aromatic carbocycles. The first-order chi connectivity index (χ1) is 13.6. The van der Waals surface area contributed by atoms with Crippen LogP contribution in [0.3, 0.4) is 0 Å². The Hall–Kier alpha value is -2.57. The highest BCUT2D eigenvalue weighted by Gasteiger charge is 2.23. The second-order valence-electron chi connectivity index (χ2n) is 7.03. The fourth-order valence-corrected chi connectivity index (χ4v) is 4.26. The van der Waals surface area contributed by atoms with E-state index in [9.17, 15) is 9.59 Å². The number of hydrogen-bond acceptors (Lipinski definition) is 4. The van der Waals surface area contributed by atoms with E-state index < -0.39 is 0 Å². The van der Waals surface area contributed by atoms with Crippen molar-refractivity contribution in [1.29, 1.82) is 0 Å². The highest BCUT2D eigenvalue weighted by molar-refractivity contribution is 8.04. The monoisotopic (exact) mass is 394 g/mol. The van der Waals surface area contributed by atoms with Gasteiger partial charge in [-0.25, -0.2) is 0 Å². The van der Waals surface area contributed by atoms with Gasteiger partial charge < -0.3 is 15.4 Å². The van der Waals surface area contributed by atoms with Crippen LogP contribution in [0, 0.1) is 6.92 Å². The van der Waals surface area contributed by atoms with Gasteiger partial charge in [-0.3, -0.25) is 9.59 Å². The second kappa shape index (κ2) is 8.20. The molecule has 1 saturated heterocycles. The van der Waals surface area contributed by atoms with E-state index in [-0.39, 0.29) is 17.9 Å². The number of ether oxygens (including phenoxy) is 1. The Labute approximate surface area is 168 Å². The summed E-state index contributed by atoms with van der Waals surface area (Å²) in [5.41, 5.74) is 3.34. The van der Waals surface area contributed by atoms with Crippen LogP contribution in [-0.4, -0.2) is 31.1 Å². The number of aryl methyl sites for hydroxylation is 1. The van der Waals surface area contributed by atoms with Gasteiger partial charge in [0.2, 0.25) is 0 Å². The molecule has 1 fully saturated rings. The summed E-state index contributed by atoms with van der Waals surface area (Å²) in [7, 11) is 0. The van der Waals surface area contributed by atoms with Crippen LogP contribution in [0.4, 0.5) is 5.69 Å². The van der Waals surface area contributed by atoms with Crippen molar-refractivity contribution < 1.29 is 14.3 Å². The van der Waals surface area contributed by atoms with E-state index in [1.54, 1.807) is 12.1 Å². The Morgan fingerprint density at radius 3 is 3.00 bits per heavy atom. The average molecular weight is 394 g/mol. The number of amides is 2. The van der Waals surface area contributed by atoms with Gasteiger partial charge in [-0.1, -0.05) is 41.6 Å². The summed E-state index contributed by atoms with van der Waals surface area (Å²) in [6, 6.07) is 13.4. The molecule has 2 N–H and O–H groups in total. The Kier molecular flexibility index (Phi) is 5.50. The van der Waals surface area contributed by atoms with E-state index in [0.29, 0.717) is 22.7 Å². The fraction of sp³-hybridized carbons (Fsp3) is 0.273. The standard InChI is InChI=1S/C22H22N2O3S/c1-14-4-2-5-15(10-14)11-20-22(26)24-18-12-16(7-8-19(18)28-20)21(25)23-13-17-6-3-9-27-17/h2,4-5,7-8,10-12,17H,3,6,9,13H2,1H3,(H,23,25)(H,24,26)/b20-11+. The van der Waals surface area contributed by atoms with Gasteiger partial charge >= 0.3 is 0 Å². The lowest BCUT2D eigenvalue weighted by Gasteiger charge is -2.19. The van der Waals surface area contributed by atoms with Crippen LogP contribution in [0.15, 0.2) is 52.3 Å². The minimum atomic E-state index is -0.157. The van der Waals surface area contributed by atoms with Crippen LogP contribution in [0.1, 0.15) is 34.3 Å². The van der Waals surface area contributed by atoms with E-state index in [0.717, 1.165) is 35.5 Å². The molecule has 0 aromatic heterocycles. The van der Waals surface area contributed by atoms with Gasteiger partial charge in [-0.05, 0) is 49.6 Å². The lowest BCUT2D eigenvalue weighted by molar-refractivity contribution is -0.112. The predicted molar refractivity (Wildman–Crippen MR) is 111 cm³/mol. The molecule has 4 rings (SSSR count). The molecule has 0 spiro atoms. The summed E-state index contributed by atoms with van der Waals surface area (Å²) in [6.45, 7) is 3.30. The zero-order valence-corrected chi connectivity index (χ0v) is 16.5. The number of fused-ring (bicyclic) bond motifs is 1. The average Bonchev–Trinajstić information content (AvgIpc) is 3.20. The van der Waals surface area contributed by atoms with Crippen molar-refractivity contribution in [1.82, 2.24) is 5.32 Å². The molecule has 1 atom stereocenters. The minimum Gasteiger partial charge on any atom is -0.376 e. The van der Waals surface area contributed by atoms with Crippen LogP contribution in [0.25, 0.3) is 6.08 Å². The number of benzene rings is 2. The molecule has 1 unspecified atom stereocenters. The number of carbonyl (C=O) groups excluding carboxylic acids is 2. The van der Waals surface area contributed by atoms with E-state index in [1.165, 1.54) is 11.8 Å². The first-order valence-corrected chi connectivity index (χ1v) is 10.2. The van der Waals surface area contributed by atoms with E-state index >= 15 is 0 Å². The molecule has 2 aromatic rings.